The maximum absolute atomic E-state index is 12.2. The molecule has 0 aromatic rings. The van der Waals surface area contributed by atoms with E-state index in [1.807, 2.05) is 6.92 Å². The smallest absolute Gasteiger partial charge is 0.410 e. The van der Waals surface area contributed by atoms with Gasteiger partial charge in [0.25, 0.3) is 0 Å². The summed E-state index contributed by atoms with van der Waals surface area (Å²) < 4.78 is 8.39. The molecule has 0 aliphatic rings. The third-order valence-corrected chi connectivity index (χ3v) is 3.57. The quantitative estimate of drug-likeness (QED) is 0.492. The summed E-state index contributed by atoms with van der Waals surface area (Å²) in [5.41, 5.74) is -0.679. The van der Waals surface area contributed by atoms with Gasteiger partial charge in [0.2, 0.25) is 9.70 Å². The fraction of sp³-hybridized carbons (Fsp3) is 0.812. The number of carbonyl (C=O) groups excluding carboxylic acids is 3. The minimum atomic E-state index is -1.74. The number of hydrogen-bond acceptors (Lipinski definition) is 5. The Balaban J connectivity index is 4.83. The van der Waals surface area contributed by atoms with Crippen molar-refractivity contribution >= 4 is 52.8 Å². The van der Waals surface area contributed by atoms with E-state index in [9.17, 15) is 14.4 Å². The van der Waals surface area contributed by atoms with Crippen LogP contribution in [0.4, 0.5) is 4.79 Å². The average Bonchev–Trinajstić information content (AvgIpc) is 2.46. The summed E-state index contributed by atoms with van der Waals surface area (Å²) in [5, 5.41) is 2.56. The molecule has 0 aliphatic carbocycles. The van der Waals surface area contributed by atoms with E-state index >= 15 is 0 Å². The molecule has 10 heteroatoms. The van der Waals surface area contributed by atoms with E-state index in [0.717, 1.165) is 4.90 Å². The molecule has 0 saturated carbocycles. The van der Waals surface area contributed by atoms with E-state index in [0.29, 0.717) is 6.42 Å². The number of likely N-dealkylation sites (N-methyl/N-ethyl adjacent to an activating group) is 1. The first-order valence-electron chi connectivity index (χ1n) is 8.13. The van der Waals surface area contributed by atoms with Gasteiger partial charge in [-0.05, 0) is 26.7 Å². The molecule has 0 radical (unpaired) electrons. The lowest BCUT2D eigenvalue weighted by Gasteiger charge is -2.26. The van der Waals surface area contributed by atoms with Gasteiger partial charge < -0.3 is 19.7 Å². The third-order valence-electron chi connectivity index (χ3n) is 3.25. The van der Waals surface area contributed by atoms with Gasteiger partial charge in [0, 0.05) is 7.05 Å². The predicted octanol–water partition coefficient (Wildman–Crippen LogP) is 3.30. The summed E-state index contributed by atoms with van der Waals surface area (Å²) in [5.74, 6) is -1.46. The lowest BCUT2D eigenvalue weighted by molar-refractivity contribution is -0.149. The number of rotatable bonds is 7. The Morgan fingerprint density at radius 3 is 2.12 bits per heavy atom. The van der Waals surface area contributed by atoms with Crippen molar-refractivity contribution in [2.45, 2.75) is 56.5 Å². The summed E-state index contributed by atoms with van der Waals surface area (Å²) in [6.07, 6.45) is -0.0399. The normalized spacial score (nSPS) is 14.2. The molecule has 0 aromatic carbocycles. The second-order valence-corrected chi connectivity index (χ2v) is 9.51. The fourth-order valence-corrected chi connectivity index (χ4v) is 1.91. The maximum atomic E-state index is 12.2. The zero-order valence-corrected chi connectivity index (χ0v) is 18.2. The highest BCUT2D eigenvalue weighted by molar-refractivity contribution is 6.67. The number of ether oxygens (including phenoxy) is 2. The van der Waals surface area contributed by atoms with Crippen LogP contribution in [0.25, 0.3) is 0 Å². The van der Waals surface area contributed by atoms with Crippen LogP contribution in [0.2, 0.25) is 0 Å². The van der Waals surface area contributed by atoms with E-state index in [4.69, 9.17) is 44.3 Å². The van der Waals surface area contributed by atoms with Gasteiger partial charge >= 0.3 is 12.1 Å². The highest BCUT2D eigenvalue weighted by Crippen LogP contribution is 2.26. The molecule has 0 aliphatic heterocycles. The molecule has 0 unspecified atom stereocenters. The zero-order valence-electron chi connectivity index (χ0n) is 15.9. The predicted molar refractivity (Wildman–Crippen MR) is 101 cm³/mol. The molecule has 0 spiro atoms. The van der Waals surface area contributed by atoms with Gasteiger partial charge in [-0.25, -0.2) is 9.59 Å². The molecule has 152 valence electrons. The Morgan fingerprint density at radius 1 is 1.15 bits per heavy atom. The fourth-order valence-electron chi connectivity index (χ4n) is 1.75. The topological polar surface area (TPSA) is 84.9 Å². The number of hydrogen-bond donors (Lipinski definition) is 1. The Bertz CT molecular complexity index is 503. The molecule has 0 bridgehead atoms. The minimum Gasteiger partial charge on any atom is -0.460 e. The van der Waals surface area contributed by atoms with Gasteiger partial charge in [-0.3, -0.25) is 4.79 Å². The number of esters is 1. The monoisotopic (exact) mass is 432 g/mol. The summed E-state index contributed by atoms with van der Waals surface area (Å²) in [6.45, 7) is 8.09. The number of carbonyl (C=O) groups is 3. The largest absolute Gasteiger partial charge is 0.460 e. The van der Waals surface area contributed by atoms with Crippen molar-refractivity contribution in [1.29, 1.82) is 0 Å². The molecule has 1 N–H and O–H groups in total. The van der Waals surface area contributed by atoms with Crippen LogP contribution in [0.3, 0.4) is 0 Å². The van der Waals surface area contributed by atoms with E-state index in [2.05, 4.69) is 5.32 Å². The first-order valence-corrected chi connectivity index (χ1v) is 9.26. The van der Waals surface area contributed by atoms with Crippen LogP contribution in [0, 0.1) is 5.92 Å². The van der Waals surface area contributed by atoms with Crippen molar-refractivity contribution in [3.8, 4) is 0 Å². The van der Waals surface area contributed by atoms with Crippen LogP contribution in [0.15, 0.2) is 0 Å². The Labute approximate surface area is 169 Å². The van der Waals surface area contributed by atoms with E-state index < -0.39 is 40.0 Å². The van der Waals surface area contributed by atoms with E-state index in [1.165, 1.54) is 7.05 Å². The Morgan fingerprint density at radius 2 is 1.69 bits per heavy atom. The van der Waals surface area contributed by atoms with Gasteiger partial charge in [0.05, 0.1) is 0 Å². The molecule has 2 amide bonds. The highest BCUT2D eigenvalue weighted by Gasteiger charge is 2.31. The van der Waals surface area contributed by atoms with Crippen LogP contribution < -0.4 is 5.32 Å². The molecule has 0 rings (SSSR count). The standard InChI is InChI=1S/C16H27Cl3N2O5/c1-7-10(2)12(13(23)25-9-16(17,18)19)20-11(22)8-21(6)14(24)26-15(3,4)5/h10,12H,7-9H2,1-6H3,(H,20,22)/t10-,12-/m0/s1. The van der Waals surface area contributed by atoms with E-state index in [-0.39, 0.29) is 12.5 Å². The van der Waals surface area contributed by atoms with Crippen LogP contribution in [0.5, 0.6) is 0 Å². The van der Waals surface area contributed by atoms with Crippen molar-refractivity contribution in [2.75, 3.05) is 20.2 Å². The van der Waals surface area contributed by atoms with Crippen molar-refractivity contribution < 1.29 is 23.9 Å². The van der Waals surface area contributed by atoms with Gasteiger partial charge in [0.1, 0.15) is 24.8 Å². The maximum Gasteiger partial charge on any atom is 0.410 e. The molecule has 7 nitrogen and oxygen atoms in total. The summed E-state index contributed by atoms with van der Waals surface area (Å²) in [6, 6.07) is -0.924. The van der Waals surface area contributed by atoms with Crippen molar-refractivity contribution in [2.24, 2.45) is 5.92 Å². The van der Waals surface area contributed by atoms with Crippen LogP contribution in [0.1, 0.15) is 41.0 Å². The molecule has 0 saturated heterocycles. The van der Waals surface area contributed by atoms with Gasteiger partial charge in [-0.2, -0.15) is 0 Å². The summed E-state index contributed by atoms with van der Waals surface area (Å²) in [4.78, 5) is 37.4. The van der Waals surface area contributed by atoms with Gasteiger partial charge in [-0.1, -0.05) is 55.1 Å². The summed E-state index contributed by atoms with van der Waals surface area (Å²) >= 11 is 16.7. The Kier molecular flexibility index (Phi) is 10.1. The Hall–Kier alpha value is -0.920. The minimum absolute atomic E-state index is 0.214. The first kappa shape index (κ1) is 25.1. The van der Waals surface area contributed by atoms with Gasteiger partial charge in [0.15, 0.2) is 0 Å². The first-order chi connectivity index (χ1) is 11.7. The number of nitrogens with zero attached hydrogens (tertiary/aromatic N) is 1. The summed E-state index contributed by atoms with van der Waals surface area (Å²) in [7, 11) is 1.42. The molecule has 2 atom stereocenters. The molecular formula is C16H27Cl3N2O5. The molecule has 26 heavy (non-hydrogen) atoms. The highest BCUT2D eigenvalue weighted by atomic mass is 35.6. The number of amides is 2. The number of halogens is 3. The lowest BCUT2D eigenvalue weighted by atomic mass is 9.99. The molecular weight excluding hydrogens is 407 g/mol. The zero-order chi connectivity index (χ0) is 20.7. The van der Waals surface area contributed by atoms with E-state index in [1.54, 1.807) is 27.7 Å². The van der Waals surface area contributed by atoms with Crippen molar-refractivity contribution in [3.63, 3.8) is 0 Å². The average molecular weight is 434 g/mol. The van der Waals surface area contributed by atoms with Crippen LogP contribution in [-0.4, -0.2) is 58.5 Å². The number of alkyl halides is 3. The van der Waals surface area contributed by atoms with Crippen LogP contribution in [-0.2, 0) is 19.1 Å². The van der Waals surface area contributed by atoms with Gasteiger partial charge in [-0.15, -0.1) is 0 Å². The second-order valence-electron chi connectivity index (χ2n) is 6.99. The molecule has 0 heterocycles. The van der Waals surface area contributed by atoms with Crippen LogP contribution >= 0.6 is 34.8 Å². The second kappa shape index (κ2) is 10.4. The number of nitrogens with one attached hydrogen (secondary N) is 1. The molecule has 0 fully saturated rings. The SMILES string of the molecule is CC[C@H](C)[C@H](NC(=O)CN(C)C(=O)OC(C)(C)C)C(=O)OCC(Cl)(Cl)Cl. The molecule has 0 aromatic heterocycles. The van der Waals surface area contributed by atoms with Crippen molar-refractivity contribution in [1.82, 2.24) is 10.2 Å². The lowest BCUT2D eigenvalue weighted by Crippen LogP contribution is -2.50. The third kappa shape index (κ3) is 10.9. The van der Waals surface area contributed by atoms with Crippen molar-refractivity contribution in [3.05, 3.63) is 0 Å².